The van der Waals surface area contributed by atoms with Gasteiger partial charge in [0, 0.05) is 27.2 Å². The van der Waals surface area contributed by atoms with Crippen LogP contribution in [0.25, 0.3) is 10.1 Å². The Kier molecular flexibility index (Phi) is 2.82. The number of anilines is 2. The second-order valence-corrected chi connectivity index (χ2v) is 6.41. The Balaban J connectivity index is 1.95. The smallest absolute Gasteiger partial charge is 0.211 e. The van der Waals surface area contributed by atoms with E-state index in [0.717, 1.165) is 22.2 Å². The highest BCUT2D eigenvalue weighted by Crippen LogP contribution is 2.37. The van der Waals surface area contributed by atoms with Gasteiger partial charge >= 0.3 is 0 Å². The van der Waals surface area contributed by atoms with Crippen LogP contribution in [0.4, 0.5) is 11.4 Å². The van der Waals surface area contributed by atoms with E-state index in [1.807, 2.05) is 35.7 Å². The van der Waals surface area contributed by atoms with Gasteiger partial charge in [-0.2, -0.15) is 0 Å². The molecule has 2 heterocycles. The first kappa shape index (κ1) is 12.6. The second kappa shape index (κ2) is 4.71. The van der Waals surface area contributed by atoms with Crippen molar-refractivity contribution in [2.24, 2.45) is 0 Å². The minimum atomic E-state index is 0.132. The minimum absolute atomic E-state index is 0.132. The van der Waals surface area contributed by atoms with Gasteiger partial charge in [0.1, 0.15) is 5.69 Å². The molecule has 0 aliphatic carbocycles. The topological polar surface area (TPSA) is 20.3 Å². The molecule has 0 amide bonds. The molecule has 104 valence electrons. The highest BCUT2D eigenvalue weighted by molar-refractivity contribution is 7.16. The summed E-state index contributed by atoms with van der Waals surface area (Å²) in [6.07, 6.45) is 0.993. The predicted molar refractivity (Wildman–Crippen MR) is 89.8 cm³/mol. The average molecular weight is 293 g/mol. The number of benzene rings is 2. The third-order valence-electron chi connectivity index (χ3n) is 4.13. The van der Waals surface area contributed by atoms with Gasteiger partial charge in [0.05, 0.1) is 0 Å². The summed E-state index contributed by atoms with van der Waals surface area (Å²) in [5.41, 5.74) is 3.43. The van der Waals surface area contributed by atoms with Gasteiger partial charge in [0.2, 0.25) is 5.43 Å². The van der Waals surface area contributed by atoms with Gasteiger partial charge in [-0.25, -0.2) is 0 Å². The lowest BCUT2D eigenvalue weighted by Gasteiger charge is -2.24. The fourth-order valence-corrected chi connectivity index (χ4v) is 4.07. The van der Waals surface area contributed by atoms with E-state index in [1.165, 1.54) is 11.3 Å². The molecule has 0 saturated heterocycles. The van der Waals surface area contributed by atoms with E-state index in [4.69, 9.17) is 0 Å². The molecule has 4 rings (SSSR count). The molecule has 0 saturated carbocycles. The van der Waals surface area contributed by atoms with Crippen LogP contribution in [0.15, 0.2) is 58.7 Å². The third-order valence-corrected chi connectivity index (χ3v) is 5.08. The second-order valence-electron chi connectivity index (χ2n) is 5.50. The van der Waals surface area contributed by atoms with Gasteiger partial charge in [-0.15, -0.1) is 11.3 Å². The number of nitrogens with zero attached hydrogens (tertiary/aromatic N) is 1. The van der Waals surface area contributed by atoms with Crippen LogP contribution in [0, 0.1) is 0 Å². The number of hydrogen-bond donors (Lipinski definition) is 0. The van der Waals surface area contributed by atoms with Crippen molar-refractivity contribution >= 4 is 32.8 Å². The lowest BCUT2D eigenvalue weighted by atomic mass is 10.1. The van der Waals surface area contributed by atoms with Crippen molar-refractivity contribution in [2.75, 3.05) is 4.90 Å². The molecule has 1 aromatic heterocycles. The van der Waals surface area contributed by atoms with Gasteiger partial charge < -0.3 is 4.90 Å². The quantitative estimate of drug-likeness (QED) is 0.665. The molecule has 3 aromatic rings. The maximum atomic E-state index is 12.8. The maximum Gasteiger partial charge on any atom is 0.211 e. The molecular formula is C18H15NOS. The lowest BCUT2D eigenvalue weighted by Crippen LogP contribution is -2.28. The van der Waals surface area contributed by atoms with Gasteiger partial charge in [-0.05, 0) is 37.1 Å². The minimum Gasteiger partial charge on any atom is -0.334 e. The van der Waals surface area contributed by atoms with Crippen molar-refractivity contribution in [2.45, 2.75) is 19.4 Å². The van der Waals surface area contributed by atoms with Gasteiger partial charge in [-0.1, -0.05) is 30.3 Å². The van der Waals surface area contributed by atoms with Crippen molar-refractivity contribution in [1.82, 2.24) is 0 Å². The fraction of sp³-hybridized carbons (Fsp3) is 0.167. The third kappa shape index (κ3) is 1.88. The van der Waals surface area contributed by atoms with E-state index >= 15 is 0 Å². The largest absolute Gasteiger partial charge is 0.334 e. The Morgan fingerprint density at radius 1 is 1.05 bits per heavy atom. The van der Waals surface area contributed by atoms with Crippen LogP contribution >= 0.6 is 11.3 Å². The van der Waals surface area contributed by atoms with Crippen LogP contribution in [-0.4, -0.2) is 6.04 Å². The molecule has 0 fully saturated rings. The van der Waals surface area contributed by atoms with Crippen LogP contribution < -0.4 is 10.3 Å². The van der Waals surface area contributed by atoms with Crippen LogP contribution in [0.2, 0.25) is 0 Å². The first-order valence-electron chi connectivity index (χ1n) is 7.13. The molecule has 3 heteroatoms. The fourth-order valence-electron chi connectivity index (χ4n) is 3.17. The highest BCUT2D eigenvalue weighted by atomic mass is 32.1. The molecule has 0 spiro atoms. The van der Waals surface area contributed by atoms with Crippen LogP contribution in [0.3, 0.4) is 0 Å². The summed E-state index contributed by atoms with van der Waals surface area (Å²) in [6, 6.07) is 16.5. The zero-order chi connectivity index (χ0) is 14.4. The summed E-state index contributed by atoms with van der Waals surface area (Å²) in [5.74, 6) is 0. The first-order valence-corrected chi connectivity index (χ1v) is 8.01. The highest BCUT2D eigenvalue weighted by Gasteiger charge is 2.28. The monoisotopic (exact) mass is 293 g/mol. The maximum absolute atomic E-state index is 12.8. The molecule has 0 radical (unpaired) electrons. The molecule has 0 N–H and O–H groups in total. The molecule has 1 atom stereocenters. The Morgan fingerprint density at radius 3 is 2.71 bits per heavy atom. The molecular weight excluding hydrogens is 278 g/mol. The van der Waals surface area contributed by atoms with Gasteiger partial charge in [0.15, 0.2) is 0 Å². The Hall–Kier alpha value is -2.13. The summed E-state index contributed by atoms with van der Waals surface area (Å²) in [5, 5.41) is 2.82. The average Bonchev–Trinajstić information content (AvgIpc) is 2.84. The van der Waals surface area contributed by atoms with E-state index in [1.54, 1.807) is 11.3 Å². The summed E-state index contributed by atoms with van der Waals surface area (Å²) in [7, 11) is 0. The van der Waals surface area contributed by atoms with Gasteiger partial charge in [0.25, 0.3) is 0 Å². The van der Waals surface area contributed by atoms with Crippen LogP contribution in [-0.2, 0) is 6.42 Å². The lowest BCUT2D eigenvalue weighted by molar-refractivity contribution is 0.758. The Morgan fingerprint density at radius 2 is 1.81 bits per heavy atom. The van der Waals surface area contributed by atoms with Gasteiger partial charge in [-0.3, -0.25) is 4.79 Å². The van der Waals surface area contributed by atoms with E-state index in [0.29, 0.717) is 6.04 Å². The van der Waals surface area contributed by atoms with E-state index in [2.05, 4.69) is 30.0 Å². The van der Waals surface area contributed by atoms with Crippen LogP contribution in [0.5, 0.6) is 0 Å². The number of rotatable bonds is 1. The zero-order valence-electron chi connectivity index (χ0n) is 11.7. The Labute approximate surface area is 127 Å². The molecule has 2 aromatic carbocycles. The number of fused-ring (bicyclic) bond motifs is 2. The standard InChI is InChI=1S/C18H15NOS/c1-12-10-13-6-2-4-8-15(13)19(12)16-11-21-17-9-5-3-7-14(17)18(16)20/h2-9,11-12H,10H2,1H3/t12-/m0/s1. The van der Waals surface area contributed by atoms with Crippen LogP contribution in [0.1, 0.15) is 12.5 Å². The van der Waals surface area contributed by atoms with E-state index in [-0.39, 0.29) is 5.43 Å². The SMILES string of the molecule is C[C@H]1Cc2ccccc2N1c1csc2ccccc2c1=O. The van der Waals surface area contributed by atoms with Crippen molar-refractivity contribution in [1.29, 1.82) is 0 Å². The molecule has 1 aliphatic heterocycles. The van der Waals surface area contributed by atoms with Crippen molar-refractivity contribution in [3.05, 3.63) is 69.7 Å². The van der Waals surface area contributed by atoms with E-state index < -0.39 is 0 Å². The zero-order valence-corrected chi connectivity index (χ0v) is 12.6. The molecule has 21 heavy (non-hydrogen) atoms. The van der Waals surface area contributed by atoms with Crippen molar-refractivity contribution < 1.29 is 0 Å². The van der Waals surface area contributed by atoms with E-state index in [9.17, 15) is 4.79 Å². The summed E-state index contributed by atoms with van der Waals surface area (Å²) in [6.45, 7) is 2.18. The summed E-state index contributed by atoms with van der Waals surface area (Å²) >= 11 is 1.64. The molecule has 0 bridgehead atoms. The number of para-hydroxylation sites is 1. The molecule has 1 aliphatic rings. The van der Waals surface area contributed by atoms with Crippen molar-refractivity contribution in [3.63, 3.8) is 0 Å². The predicted octanol–water partition coefficient (Wildman–Crippen LogP) is 4.34. The normalized spacial score (nSPS) is 17.2. The summed E-state index contributed by atoms with van der Waals surface area (Å²) in [4.78, 5) is 15.0. The molecule has 2 nitrogen and oxygen atoms in total. The van der Waals surface area contributed by atoms with Crippen molar-refractivity contribution in [3.8, 4) is 0 Å². The molecule has 0 unspecified atom stereocenters. The number of hydrogen-bond acceptors (Lipinski definition) is 3. The Bertz CT molecular complexity index is 884. The first-order chi connectivity index (χ1) is 10.3. The summed E-state index contributed by atoms with van der Waals surface area (Å²) < 4.78 is 1.05.